The standard InChI is InChI=1S/C16H29N5O7S/c1-3-7(2)12(21-13(24)8(17)5-22)15(26)19-9(4-11(18)23)14(25)20-10(6-29)16(27)28/h7-10,12,22,29H,3-6,17H2,1-2H3,(H2,18,23)(H,19,26)(H,20,25)(H,21,24)(H,27,28). The third-order valence-electron chi connectivity index (χ3n) is 4.16. The fraction of sp³-hybridized carbons (Fsp3) is 0.688. The predicted octanol–water partition coefficient (Wildman–Crippen LogP) is -3.30. The van der Waals surface area contributed by atoms with Crippen LogP contribution in [-0.4, -0.2) is 76.3 Å². The fourth-order valence-corrected chi connectivity index (χ4v) is 2.42. The smallest absolute Gasteiger partial charge is 0.327 e. The summed E-state index contributed by atoms with van der Waals surface area (Å²) >= 11 is 3.82. The average Bonchev–Trinajstić information content (AvgIpc) is 2.66. The van der Waals surface area contributed by atoms with Crippen LogP contribution in [0.1, 0.15) is 26.7 Å². The van der Waals surface area contributed by atoms with Crippen molar-refractivity contribution in [3.63, 3.8) is 0 Å². The van der Waals surface area contributed by atoms with E-state index in [0.717, 1.165) is 0 Å². The SMILES string of the molecule is CCC(C)C(NC(=O)C(N)CO)C(=O)NC(CC(N)=O)C(=O)NC(CS)C(=O)O. The Morgan fingerprint density at radius 3 is 1.97 bits per heavy atom. The summed E-state index contributed by atoms with van der Waals surface area (Å²) in [5, 5.41) is 24.8. The van der Waals surface area contributed by atoms with Gasteiger partial charge in [-0.1, -0.05) is 20.3 Å². The zero-order valence-corrected chi connectivity index (χ0v) is 17.1. The summed E-state index contributed by atoms with van der Waals surface area (Å²) in [6.07, 6.45) is -0.117. The number of hydrogen-bond acceptors (Lipinski definition) is 8. The first kappa shape index (κ1) is 26.6. The molecular weight excluding hydrogens is 406 g/mol. The number of primary amides is 1. The molecule has 0 fully saturated rings. The van der Waals surface area contributed by atoms with Crippen molar-refractivity contribution >= 4 is 42.2 Å². The molecule has 0 heterocycles. The Balaban J connectivity index is 5.46. The highest BCUT2D eigenvalue weighted by atomic mass is 32.1. The quantitative estimate of drug-likeness (QED) is 0.137. The summed E-state index contributed by atoms with van der Waals surface area (Å²) in [6, 6.07) is -5.17. The second kappa shape index (κ2) is 13.0. The number of nitrogens with two attached hydrogens (primary N) is 2. The minimum absolute atomic E-state index is 0.219. The van der Waals surface area contributed by atoms with Crippen LogP contribution in [0.15, 0.2) is 0 Å². The van der Waals surface area contributed by atoms with E-state index in [1.54, 1.807) is 13.8 Å². The van der Waals surface area contributed by atoms with Crippen LogP contribution in [0.5, 0.6) is 0 Å². The van der Waals surface area contributed by atoms with E-state index in [9.17, 15) is 24.0 Å². The van der Waals surface area contributed by atoms with Crippen LogP contribution < -0.4 is 27.4 Å². The first-order valence-electron chi connectivity index (χ1n) is 8.87. The molecule has 0 saturated carbocycles. The minimum atomic E-state index is -1.46. The second-order valence-electron chi connectivity index (χ2n) is 6.47. The molecule has 0 aromatic rings. The van der Waals surface area contributed by atoms with E-state index in [0.29, 0.717) is 6.42 Å². The van der Waals surface area contributed by atoms with Crippen LogP contribution in [0.25, 0.3) is 0 Å². The molecule has 0 aromatic carbocycles. The van der Waals surface area contributed by atoms with Crippen molar-refractivity contribution in [3.05, 3.63) is 0 Å². The Labute approximate surface area is 173 Å². The zero-order chi connectivity index (χ0) is 22.7. The van der Waals surface area contributed by atoms with Crippen molar-refractivity contribution in [3.8, 4) is 0 Å². The van der Waals surface area contributed by atoms with Crippen molar-refractivity contribution in [2.45, 2.75) is 50.9 Å². The number of aliphatic hydroxyl groups excluding tert-OH is 1. The maximum atomic E-state index is 12.7. The van der Waals surface area contributed by atoms with Crippen LogP contribution in [0.3, 0.4) is 0 Å². The first-order valence-corrected chi connectivity index (χ1v) is 9.51. The highest BCUT2D eigenvalue weighted by Gasteiger charge is 2.32. The summed E-state index contributed by atoms with van der Waals surface area (Å²) in [5.74, 6) is -5.37. The van der Waals surface area contributed by atoms with E-state index in [2.05, 4.69) is 28.6 Å². The van der Waals surface area contributed by atoms with E-state index < -0.39 is 66.8 Å². The maximum Gasteiger partial charge on any atom is 0.327 e. The number of rotatable bonds is 13. The lowest BCUT2D eigenvalue weighted by Gasteiger charge is -2.27. The van der Waals surface area contributed by atoms with Crippen LogP contribution in [0, 0.1) is 5.92 Å². The number of carbonyl (C=O) groups excluding carboxylic acids is 4. The Kier molecular flexibility index (Phi) is 11.9. The van der Waals surface area contributed by atoms with E-state index >= 15 is 0 Å². The van der Waals surface area contributed by atoms with Crippen molar-refractivity contribution < 1.29 is 34.2 Å². The molecule has 166 valence electrons. The van der Waals surface area contributed by atoms with Crippen LogP contribution >= 0.6 is 12.6 Å². The van der Waals surface area contributed by atoms with Gasteiger partial charge in [-0.3, -0.25) is 19.2 Å². The van der Waals surface area contributed by atoms with Gasteiger partial charge in [0.1, 0.15) is 24.2 Å². The van der Waals surface area contributed by atoms with Gasteiger partial charge in [-0.2, -0.15) is 12.6 Å². The third kappa shape index (κ3) is 9.11. The molecular formula is C16H29N5O7S. The number of carbonyl (C=O) groups is 5. The highest BCUT2D eigenvalue weighted by molar-refractivity contribution is 7.80. The van der Waals surface area contributed by atoms with Gasteiger partial charge in [0.15, 0.2) is 0 Å². The molecule has 29 heavy (non-hydrogen) atoms. The van der Waals surface area contributed by atoms with Crippen molar-refractivity contribution in [2.75, 3.05) is 12.4 Å². The van der Waals surface area contributed by atoms with Crippen molar-refractivity contribution in [1.29, 1.82) is 0 Å². The molecule has 0 rings (SSSR count). The molecule has 13 heteroatoms. The Morgan fingerprint density at radius 2 is 1.55 bits per heavy atom. The van der Waals surface area contributed by atoms with Gasteiger partial charge in [-0.15, -0.1) is 0 Å². The zero-order valence-electron chi connectivity index (χ0n) is 16.3. The number of amides is 4. The number of thiol groups is 1. The van der Waals surface area contributed by atoms with Gasteiger partial charge in [-0.05, 0) is 5.92 Å². The van der Waals surface area contributed by atoms with Crippen molar-refractivity contribution in [1.82, 2.24) is 16.0 Å². The monoisotopic (exact) mass is 435 g/mol. The number of aliphatic carboxylic acids is 1. The molecule has 4 amide bonds. The van der Waals surface area contributed by atoms with E-state index in [-0.39, 0.29) is 11.7 Å². The van der Waals surface area contributed by atoms with E-state index in [1.807, 2.05) is 0 Å². The molecule has 0 radical (unpaired) electrons. The van der Waals surface area contributed by atoms with E-state index in [1.165, 1.54) is 0 Å². The van der Waals surface area contributed by atoms with Gasteiger partial charge in [-0.25, -0.2) is 4.79 Å². The van der Waals surface area contributed by atoms with Gasteiger partial charge in [0, 0.05) is 5.75 Å². The van der Waals surface area contributed by atoms with Crippen LogP contribution in [0.4, 0.5) is 0 Å². The molecule has 0 aromatic heterocycles. The lowest BCUT2D eigenvalue weighted by molar-refractivity contribution is -0.141. The van der Waals surface area contributed by atoms with Crippen molar-refractivity contribution in [2.24, 2.45) is 17.4 Å². The predicted molar refractivity (Wildman–Crippen MR) is 106 cm³/mol. The van der Waals surface area contributed by atoms with Gasteiger partial charge in [0.25, 0.3) is 0 Å². The lowest BCUT2D eigenvalue weighted by Crippen LogP contribution is -2.59. The van der Waals surface area contributed by atoms with Gasteiger partial charge >= 0.3 is 5.97 Å². The summed E-state index contributed by atoms with van der Waals surface area (Å²) in [7, 11) is 0. The molecule has 0 aliphatic heterocycles. The highest BCUT2D eigenvalue weighted by Crippen LogP contribution is 2.09. The van der Waals surface area contributed by atoms with Gasteiger partial charge in [0.2, 0.25) is 23.6 Å². The summed E-state index contributed by atoms with van der Waals surface area (Å²) < 4.78 is 0. The fourth-order valence-electron chi connectivity index (χ4n) is 2.17. The number of hydrogen-bond donors (Lipinski definition) is 8. The number of nitrogens with one attached hydrogen (secondary N) is 3. The molecule has 5 unspecified atom stereocenters. The van der Waals surface area contributed by atoms with Crippen LogP contribution in [0.2, 0.25) is 0 Å². The third-order valence-corrected chi connectivity index (χ3v) is 4.53. The topological polar surface area (TPSA) is 214 Å². The summed E-state index contributed by atoms with van der Waals surface area (Å²) in [4.78, 5) is 59.4. The minimum Gasteiger partial charge on any atom is -0.480 e. The summed E-state index contributed by atoms with van der Waals surface area (Å²) in [6.45, 7) is 2.80. The molecule has 5 atom stereocenters. The Morgan fingerprint density at radius 1 is 1.00 bits per heavy atom. The first-order chi connectivity index (χ1) is 13.5. The lowest BCUT2D eigenvalue weighted by atomic mass is 9.97. The number of carboxylic acid groups (broad SMARTS) is 1. The Bertz CT molecular complexity index is 618. The molecule has 12 nitrogen and oxygen atoms in total. The largest absolute Gasteiger partial charge is 0.480 e. The summed E-state index contributed by atoms with van der Waals surface area (Å²) in [5.41, 5.74) is 10.6. The maximum absolute atomic E-state index is 12.7. The van der Waals surface area contributed by atoms with E-state index in [4.69, 9.17) is 21.7 Å². The average molecular weight is 436 g/mol. The normalized spacial score (nSPS) is 15.9. The van der Waals surface area contributed by atoms with Gasteiger partial charge < -0.3 is 37.6 Å². The second-order valence-corrected chi connectivity index (χ2v) is 6.84. The van der Waals surface area contributed by atoms with Crippen LogP contribution in [-0.2, 0) is 24.0 Å². The number of aliphatic hydroxyl groups is 1. The molecule has 0 aliphatic carbocycles. The molecule has 0 aliphatic rings. The molecule has 9 N–H and O–H groups in total. The molecule has 0 spiro atoms. The Hall–Kier alpha value is -2.38. The molecule has 0 saturated heterocycles. The molecule has 0 bridgehead atoms. The number of carboxylic acids is 1. The van der Waals surface area contributed by atoms with Gasteiger partial charge in [0.05, 0.1) is 13.0 Å².